The topological polar surface area (TPSA) is 75.4 Å². The second-order valence-corrected chi connectivity index (χ2v) is 6.48. The van der Waals surface area contributed by atoms with E-state index in [0.29, 0.717) is 5.56 Å². The molecule has 0 fully saturated rings. The maximum atomic E-state index is 12.4. The third-order valence-corrected chi connectivity index (χ3v) is 4.53. The predicted molar refractivity (Wildman–Crippen MR) is 99.8 cm³/mol. The lowest BCUT2D eigenvalue weighted by atomic mass is 10.0. The Balaban J connectivity index is 1.77. The maximum Gasteiger partial charge on any atom is 0.255 e. The van der Waals surface area contributed by atoms with E-state index in [4.69, 9.17) is 5.73 Å². The second kappa shape index (κ2) is 7.07. The van der Waals surface area contributed by atoms with Gasteiger partial charge in [0.15, 0.2) is 0 Å². The third-order valence-electron chi connectivity index (χ3n) is 4.53. The highest BCUT2D eigenvalue weighted by Gasteiger charge is 2.20. The summed E-state index contributed by atoms with van der Waals surface area (Å²) in [5.41, 5.74) is 10.2. The van der Waals surface area contributed by atoms with Crippen molar-refractivity contribution in [2.75, 3.05) is 16.8 Å². The number of fused-ring (bicyclic) bond motifs is 1. The molecule has 1 atom stereocenters. The molecule has 0 aromatic heterocycles. The van der Waals surface area contributed by atoms with Gasteiger partial charge in [-0.3, -0.25) is 9.59 Å². The molecule has 5 nitrogen and oxygen atoms in total. The molecule has 1 aliphatic rings. The molecule has 3 N–H and O–H groups in total. The minimum atomic E-state index is -0.157. The van der Waals surface area contributed by atoms with Crippen LogP contribution in [0.4, 0.5) is 11.4 Å². The van der Waals surface area contributed by atoms with Crippen LogP contribution in [0.3, 0.4) is 0 Å². The van der Waals surface area contributed by atoms with Gasteiger partial charge < -0.3 is 16.0 Å². The minimum absolute atomic E-state index is 0.0481. The fourth-order valence-corrected chi connectivity index (χ4v) is 3.14. The number of aryl methyl sites for hydroxylation is 1. The summed E-state index contributed by atoms with van der Waals surface area (Å²) in [6.45, 7) is 4.24. The monoisotopic (exact) mass is 337 g/mol. The zero-order valence-electron chi connectivity index (χ0n) is 14.6. The molecular weight excluding hydrogens is 314 g/mol. The average Bonchev–Trinajstić information content (AvgIpc) is 2.61. The van der Waals surface area contributed by atoms with Crippen LogP contribution in [0.5, 0.6) is 0 Å². The largest absolute Gasteiger partial charge is 0.324 e. The first-order valence-electron chi connectivity index (χ1n) is 8.53. The van der Waals surface area contributed by atoms with Crippen molar-refractivity contribution in [3.8, 4) is 0 Å². The number of nitrogens with one attached hydrogen (secondary N) is 1. The summed E-state index contributed by atoms with van der Waals surface area (Å²) >= 11 is 0. The number of anilines is 2. The first-order chi connectivity index (χ1) is 12.0. The zero-order valence-corrected chi connectivity index (χ0v) is 14.6. The molecule has 2 amide bonds. The number of nitrogens with two attached hydrogens (primary N) is 1. The van der Waals surface area contributed by atoms with Crippen molar-refractivity contribution in [3.05, 3.63) is 59.2 Å². The minimum Gasteiger partial charge on any atom is -0.324 e. The molecule has 0 radical (unpaired) electrons. The fourth-order valence-electron chi connectivity index (χ4n) is 3.14. The Kier molecular flexibility index (Phi) is 4.86. The van der Waals surface area contributed by atoms with E-state index >= 15 is 0 Å². The van der Waals surface area contributed by atoms with E-state index < -0.39 is 0 Å². The van der Waals surface area contributed by atoms with E-state index in [2.05, 4.69) is 5.32 Å². The SMILES string of the molecule is CC(=O)N1CCCc2cc(NC(=O)c3ccc(C(C)N)cc3)ccc21. The van der Waals surface area contributed by atoms with Crippen LogP contribution in [0.1, 0.15) is 47.8 Å². The van der Waals surface area contributed by atoms with E-state index in [0.717, 1.165) is 41.9 Å². The maximum absolute atomic E-state index is 12.4. The van der Waals surface area contributed by atoms with E-state index in [-0.39, 0.29) is 17.9 Å². The number of carbonyl (C=O) groups excluding carboxylic acids is 2. The Morgan fingerprint density at radius 3 is 2.52 bits per heavy atom. The Morgan fingerprint density at radius 1 is 1.16 bits per heavy atom. The zero-order chi connectivity index (χ0) is 18.0. The number of benzene rings is 2. The molecule has 0 aliphatic carbocycles. The molecule has 3 rings (SSSR count). The third kappa shape index (κ3) is 3.72. The van der Waals surface area contributed by atoms with Crippen LogP contribution in [0, 0.1) is 0 Å². The summed E-state index contributed by atoms with van der Waals surface area (Å²) in [5.74, 6) is -0.109. The molecular formula is C20H23N3O2. The van der Waals surface area contributed by atoms with Gasteiger partial charge in [-0.05, 0) is 61.2 Å². The average molecular weight is 337 g/mol. The van der Waals surface area contributed by atoms with Gasteiger partial charge in [-0.2, -0.15) is 0 Å². The summed E-state index contributed by atoms with van der Waals surface area (Å²) in [4.78, 5) is 25.9. The predicted octanol–water partition coefficient (Wildman–Crippen LogP) is 3.26. The Bertz CT molecular complexity index is 797. The summed E-state index contributed by atoms with van der Waals surface area (Å²) in [5, 5.41) is 2.93. The molecule has 1 unspecified atom stereocenters. The second-order valence-electron chi connectivity index (χ2n) is 6.48. The molecule has 2 aromatic carbocycles. The summed E-state index contributed by atoms with van der Waals surface area (Å²) in [7, 11) is 0. The van der Waals surface area contributed by atoms with Crippen molar-refractivity contribution in [2.24, 2.45) is 5.73 Å². The molecule has 25 heavy (non-hydrogen) atoms. The van der Waals surface area contributed by atoms with Crippen molar-refractivity contribution in [1.29, 1.82) is 0 Å². The molecule has 0 bridgehead atoms. The molecule has 0 spiro atoms. The normalized spacial score (nSPS) is 14.6. The Labute approximate surface area is 147 Å². The van der Waals surface area contributed by atoms with Crippen molar-refractivity contribution in [1.82, 2.24) is 0 Å². The van der Waals surface area contributed by atoms with Gasteiger partial charge in [-0.15, -0.1) is 0 Å². The van der Waals surface area contributed by atoms with Crippen LogP contribution in [0.25, 0.3) is 0 Å². The lowest BCUT2D eigenvalue weighted by Crippen LogP contribution is -2.33. The lowest BCUT2D eigenvalue weighted by Gasteiger charge is -2.29. The van der Waals surface area contributed by atoms with Gasteiger partial charge in [0.05, 0.1) is 0 Å². The Hall–Kier alpha value is -2.66. The molecule has 2 aromatic rings. The highest BCUT2D eigenvalue weighted by atomic mass is 16.2. The quantitative estimate of drug-likeness (QED) is 0.902. The molecule has 0 saturated carbocycles. The van der Waals surface area contributed by atoms with Crippen LogP contribution >= 0.6 is 0 Å². The molecule has 5 heteroatoms. The van der Waals surface area contributed by atoms with Gasteiger partial charge in [0.1, 0.15) is 0 Å². The molecule has 1 heterocycles. The van der Waals surface area contributed by atoms with Gasteiger partial charge in [0.2, 0.25) is 5.91 Å². The number of amides is 2. The van der Waals surface area contributed by atoms with Gasteiger partial charge in [-0.1, -0.05) is 12.1 Å². The number of nitrogens with zero attached hydrogens (tertiary/aromatic N) is 1. The molecule has 1 aliphatic heterocycles. The Morgan fingerprint density at radius 2 is 1.88 bits per heavy atom. The lowest BCUT2D eigenvalue weighted by molar-refractivity contribution is -0.116. The van der Waals surface area contributed by atoms with E-state index in [1.165, 1.54) is 0 Å². The van der Waals surface area contributed by atoms with Crippen LogP contribution in [-0.2, 0) is 11.2 Å². The molecule has 130 valence electrons. The number of rotatable bonds is 3. The van der Waals surface area contributed by atoms with E-state index in [1.54, 1.807) is 24.0 Å². The van der Waals surface area contributed by atoms with Crippen LogP contribution in [0.15, 0.2) is 42.5 Å². The number of hydrogen-bond donors (Lipinski definition) is 2. The highest BCUT2D eigenvalue weighted by molar-refractivity contribution is 6.04. The van der Waals surface area contributed by atoms with Crippen LogP contribution < -0.4 is 16.0 Å². The summed E-state index contributed by atoms with van der Waals surface area (Å²) < 4.78 is 0. The van der Waals surface area contributed by atoms with Gasteiger partial charge >= 0.3 is 0 Å². The summed E-state index contributed by atoms with van der Waals surface area (Å²) in [6, 6.07) is 13.0. The van der Waals surface area contributed by atoms with Gasteiger partial charge in [0, 0.05) is 36.4 Å². The number of hydrogen-bond acceptors (Lipinski definition) is 3. The van der Waals surface area contributed by atoms with Crippen molar-refractivity contribution >= 4 is 23.2 Å². The smallest absolute Gasteiger partial charge is 0.255 e. The number of carbonyl (C=O) groups is 2. The summed E-state index contributed by atoms with van der Waals surface area (Å²) in [6.07, 6.45) is 1.84. The van der Waals surface area contributed by atoms with E-state index in [1.807, 2.05) is 37.3 Å². The standard InChI is InChI=1S/C20H23N3O2/c1-13(21)15-5-7-16(8-6-15)20(25)22-18-9-10-19-17(12-18)4-3-11-23(19)14(2)24/h5-10,12-13H,3-4,11,21H2,1-2H3,(H,22,25). The fraction of sp³-hybridized carbons (Fsp3) is 0.300. The van der Waals surface area contributed by atoms with Crippen molar-refractivity contribution < 1.29 is 9.59 Å². The first kappa shape index (κ1) is 17.2. The highest BCUT2D eigenvalue weighted by Crippen LogP contribution is 2.30. The van der Waals surface area contributed by atoms with Crippen molar-refractivity contribution in [2.45, 2.75) is 32.7 Å². The van der Waals surface area contributed by atoms with Crippen molar-refractivity contribution in [3.63, 3.8) is 0 Å². The van der Waals surface area contributed by atoms with Crippen LogP contribution in [-0.4, -0.2) is 18.4 Å². The van der Waals surface area contributed by atoms with Gasteiger partial charge in [-0.25, -0.2) is 0 Å². The van der Waals surface area contributed by atoms with Gasteiger partial charge in [0.25, 0.3) is 5.91 Å². The molecule has 0 saturated heterocycles. The van der Waals surface area contributed by atoms with Crippen LogP contribution in [0.2, 0.25) is 0 Å². The first-order valence-corrected chi connectivity index (χ1v) is 8.53. The van der Waals surface area contributed by atoms with E-state index in [9.17, 15) is 9.59 Å².